The third kappa shape index (κ3) is 3.33. The van der Waals surface area contributed by atoms with Crippen molar-refractivity contribution < 1.29 is 14.3 Å². The summed E-state index contributed by atoms with van der Waals surface area (Å²) in [5, 5.41) is 15.1. The van der Waals surface area contributed by atoms with E-state index in [1.54, 1.807) is 37.2 Å². The van der Waals surface area contributed by atoms with Crippen LogP contribution in [0.2, 0.25) is 0 Å². The van der Waals surface area contributed by atoms with Crippen molar-refractivity contribution in [3.8, 4) is 22.9 Å². The van der Waals surface area contributed by atoms with Crippen molar-refractivity contribution in [1.29, 1.82) is 0 Å². The Morgan fingerprint density at radius 3 is 2.89 bits per heavy atom. The predicted octanol–water partition coefficient (Wildman–Crippen LogP) is 1.62. The first-order chi connectivity index (χ1) is 13.2. The maximum absolute atomic E-state index is 12.2. The van der Waals surface area contributed by atoms with E-state index in [2.05, 4.69) is 20.6 Å². The number of ether oxygens (including phenoxy) is 2. The van der Waals surface area contributed by atoms with Crippen LogP contribution in [0.5, 0.6) is 11.6 Å². The first kappa shape index (κ1) is 17.0. The molecule has 2 aromatic heterocycles. The molecule has 0 saturated carbocycles. The lowest BCUT2D eigenvalue weighted by molar-refractivity contribution is 0.0924. The van der Waals surface area contributed by atoms with Gasteiger partial charge in [0, 0.05) is 31.3 Å². The van der Waals surface area contributed by atoms with Crippen LogP contribution in [0.4, 0.5) is 0 Å². The summed E-state index contributed by atoms with van der Waals surface area (Å²) in [4.78, 5) is 12.2. The van der Waals surface area contributed by atoms with E-state index in [1.807, 2.05) is 24.3 Å². The van der Waals surface area contributed by atoms with Gasteiger partial charge in [-0.05, 0) is 23.8 Å². The molecule has 0 fully saturated rings. The summed E-state index contributed by atoms with van der Waals surface area (Å²) in [5.74, 6) is 1.08. The number of carbonyl (C=O) groups is 1. The van der Waals surface area contributed by atoms with Gasteiger partial charge in [-0.3, -0.25) is 9.48 Å². The van der Waals surface area contributed by atoms with Crippen LogP contribution in [0.3, 0.4) is 0 Å². The highest BCUT2D eigenvalue weighted by atomic mass is 16.5. The summed E-state index contributed by atoms with van der Waals surface area (Å²) in [5.41, 5.74) is 3.19. The van der Waals surface area contributed by atoms with Gasteiger partial charge < -0.3 is 14.8 Å². The van der Waals surface area contributed by atoms with Crippen LogP contribution >= 0.6 is 0 Å². The van der Waals surface area contributed by atoms with E-state index in [4.69, 9.17) is 9.47 Å². The standard InChI is InChI=1S/C19H19N5O3/c1-24-16(8-9-21-24)19(25)20-11-13-10-12-4-3-5-14(18(12)27-13)15-6-7-17(26-2)23-22-15/h3-9,13H,10-11H2,1-2H3,(H,20,25). The first-order valence-electron chi connectivity index (χ1n) is 8.58. The lowest BCUT2D eigenvalue weighted by Gasteiger charge is -2.13. The van der Waals surface area contributed by atoms with Gasteiger partial charge in [0.05, 0.1) is 19.3 Å². The van der Waals surface area contributed by atoms with E-state index in [0.29, 0.717) is 23.8 Å². The minimum absolute atomic E-state index is 0.135. The summed E-state index contributed by atoms with van der Waals surface area (Å²) < 4.78 is 12.7. The number of rotatable bonds is 5. The van der Waals surface area contributed by atoms with Crippen molar-refractivity contribution in [3.05, 3.63) is 53.9 Å². The van der Waals surface area contributed by atoms with E-state index in [-0.39, 0.29) is 12.0 Å². The third-order valence-corrected chi connectivity index (χ3v) is 4.50. The van der Waals surface area contributed by atoms with Crippen molar-refractivity contribution in [2.75, 3.05) is 13.7 Å². The highest BCUT2D eigenvalue weighted by Crippen LogP contribution is 2.37. The van der Waals surface area contributed by atoms with Crippen LogP contribution in [-0.2, 0) is 13.5 Å². The van der Waals surface area contributed by atoms with Crippen molar-refractivity contribution >= 4 is 5.91 Å². The van der Waals surface area contributed by atoms with E-state index in [0.717, 1.165) is 23.3 Å². The lowest BCUT2D eigenvalue weighted by atomic mass is 10.0. The van der Waals surface area contributed by atoms with Gasteiger partial charge in [0.1, 0.15) is 17.5 Å². The SMILES string of the molecule is COc1ccc(-c2cccc3c2OC(CNC(=O)c2ccnn2C)C3)nn1. The van der Waals surface area contributed by atoms with Gasteiger partial charge in [-0.1, -0.05) is 12.1 Å². The van der Waals surface area contributed by atoms with Crippen molar-refractivity contribution in [3.63, 3.8) is 0 Å². The maximum atomic E-state index is 12.2. The molecule has 1 aliphatic rings. The normalized spacial score (nSPS) is 15.1. The molecule has 8 heteroatoms. The average molecular weight is 365 g/mol. The molecule has 0 radical (unpaired) electrons. The number of aryl methyl sites for hydroxylation is 1. The topological polar surface area (TPSA) is 91.2 Å². The molecule has 0 saturated heterocycles. The van der Waals surface area contributed by atoms with Crippen molar-refractivity contribution in [2.24, 2.45) is 7.05 Å². The fraction of sp³-hybridized carbons (Fsp3) is 0.263. The molecule has 0 aliphatic carbocycles. The van der Waals surface area contributed by atoms with Gasteiger partial charge >= 0.3 is 0 Å². The van der Waals surface area contributed by atoms with Gasteiger partial charge in [-0.25, -0.2) is 0 Å². The zero-order chi connectivity index (χ0) is 18.8. The van der Waals surface area contributed by atoms with Gasteiger partial charge in [0.25, 0.3) is 5.91 Å². The van der Waals surface area contributed by atoms with Gasteiger partial charge in [-0.2, -0.15) is 5.10 Å². The fourth-order valence-electron chi connectivity index (χ4n) is 3.12. The Bertz CT molecular complexity index is 968. The van der Waals surface area contributed by atoms with Crippen LogP contribution in [0.25, 0.3) is 11.3 Å². The minimum Gasteiger partial charge on any atom is -0.487 e. The second-order valence-electron chi connectivity index (χ2n) is 6.25. The number of methoxy groups -OCH3 is 1. The number of carbonyl (C=O) groups excluding carboxylic acids is 1. The molecular weight excluding hydrogens is 346 g/mol. The number of aromatic nitrogens is 4. The molecule has 8 nitrogen and oxygen atoms in total. The molecule has 1 aliphatic heterocycles. The second kappa shape index (κ2) is 7.06. The van der Waals surface area contributed by atoms with E-state index in [1.165, 1.54) is 0 Å². The summed E-state index contributed by atoms with van der Waals surface area (Å²) >= 11 is 0. The number of fused-ring (bicyclic) bond motifs is 1. The number of amides is 1. The van der Waals surface area contributed by atoms with Gasteiger partial charge in [0.2, 0.25) is 5.88 Å². The Kier molecular flexibility index (Phi) is 4.45. The average Bonchev–Trinajstić information content (AvgIpc) is 3.31. The molecule has 3 heterocycles. The molecule has 3 aromatic rings. The largest absolute Gasteiger partial charge is 0.487 e. The third-order valence-electron chi connectivity index (χ3n) is 4.50. The minimum atomic E-state index is -0.171. The number of nitrogens with one attached hydrogen (secondary N) is 1. The smallest absolute Gasteiger partial charge is 0.269 e. The Morgan fingerprint density at radius 2 is 2.19 bits per heavy atom. The molecule has 1 unspecified atom stereocenters. The molecular formula is C19H19N5O3. The Balaban J connectivity index is 1.47. The molecule has 0 bridgehead atoms. The fourth-order valence-corrected chi connectivity index (χ4v) is 3.12. The molecule has 1 N–H and O–H groups in total. The molecule has 138 valence electrons. The van der Waals surface area contributed by atoms with Crippen LogP contribution in [0, 0.1) is 0 Å². The molecule has 1 amide bonds. The number of hydrogen-bond acceptors (Lipinski definition) is 6. The summed E-state index contributed by atoms with van der Waals surface area (Å²) in [7, 11) is 3.29. The monoisotopic (exact) mass is 365 g/mol. The summed E-state index contributed by atoms with van der Waals surface area (Å²) in [6.45, 7) is 0.409. The zero-order valence-electron chi connectivity index (χ0n) is 15.0. The van der Waals surface area contributed by atoms with Crippen LogP contribution in [0.15, 0.2) is 42.6 Å². The number of nitrogens with zero attached hydrogens (tertiary/aromatic N) is 4. The summed E-state index contributed by atoms with van der Waals surface area (Å²) in [6.07, 6.45) is 2.18. The highest BCUT2D eigenvalue weighted by Gasteiger charge is 2.27. The Morgan fingerprint density at radius 1 is 1.30 bits per heavy atom. The summed E-state index contributed by atoms with van der Waals surface area (Å²) in [6, 6.07) is 11.2. The molecule has 4 rings (SSSR count). The quantitative estimate of drug-likeness (QED) is 0.739. The van der Waals surface area contributed by atoms with Crippen molar-refractivity contribution in [2.45, 2.75) is 12.5 Å². The van der Waals surface area contributed by atoms with Crippen LogP contribution in [-0.4, -0.2) is 45.6 Å². The number of hydrogen-bond donors (Lipinski definition) is 1. The second-order valence-corrected chi connectivity index (χ2v) is 6.25. The Hall–Kier alpha value is -3.42. The lowest BCUT2D eigenvalue weighted by Crippen LogP contribution is -2.35. The zero-order valence-corrected chi connectivity index (χ0v) is 15.0. The van der Waals surface area contributed by atoms with E-state index >= 15 is 0 Å². The van der Waals surface area contributed by atoms with Gasteiger partial charge in [0.15, 0.2) is 0 Å². The molecule has 0 spiro atoms. The van der Waals surface area contributed by atoms with Crippen LogP contribution < -0.4 is 14.8 Å². The number of para-hydroxylation sites is 1. The van der Waals surface area contributed by atoms with E-state index < -0.39 is 0 Å². The number of benzene rings is 1. The maximum Gasteiger partial charge on any atom is 0.269 e. The van der Waals surface area contributed by atoms with Gasteiger partial charge in [-0.15, -0.1) is 10.2 Å². The predicted molar refractivity (Wildman–Crippen MR) is 97.7 cm³/mol. The highest BCUT2D eigenvalue weighted by molar-refractivity contribution is 5.92. The Labute approximate surface area is 156 Å². The first-order valence-corrected chi connectivity index (χ1v) is 8.58. The van der Waals surface area contributed by atoms with Crippen molar-refractivity contribution in [1.82, 2.24) is 25.3 Å². The molecule has 27 heavy (non-hydrogen) atoms. The van der Waals surface area contributed by atoms with E-state index in [9.17, 15) is 4.79 Å². The molecule has 1 aromatic carbocycles. The van der Waals surface area contributed by atoms with Crippen LogP contribution in [0.1, 0.15) is 16.1 Å². The molecule has 1 atom stereocenters.